The third kappa shape index (κ3) is 4.72. The maximum Gasteiger partial charge on any atom is 0.264 e. The largest absolute Gasteiger partial charge is 0.394 e. The van der Waals surface area contributed by atoms with Crippen molar-refractivity contribution in [3.63, 3.8) is 0 Å². The van der Waals surface area contributed by atoms with Crippen LogP contribution in [0.25, 0.3) is 0 Å². The number of hydrogen-bond donors (Lipinski definition) is 1. The SMILES string of the molecule is C[C@@H]1[C@@H]([Si](C)(C)F)[C@H](CC(=O)N2CCC[C@H]2CO)O[C@@]12C(=O)N(Cc1ccc(I)cc1)c1ccc(Cl)cc12. The molecule has 5 atom stereocenters. The highest BCUT2D eigenvalue weighted by Crippen LogP contribution is 2.60. The zero-order valence-electron chi connectivity index (χ0n) is 21.8. The molecule has 1 spiro atoms. The lowest BCUT2D eigenvalue weighted by molar-refractivity contribution is -0.150. The summed E-state index contributed by atoms with van der Waals surface area (Å²) in [7, 11) is -3.39. The summed E-state index contributed by atoms with van der Waals surface area (Å²) in [6.07, 6.45) is 0.804. The van der Waals surface area contributed by atoms with Crippen molar-refractivity contribution in [3.05, 3.63) is 62.2 Å². The van der Waals surface area contributed by atoms with Crippen molar-refractivity contribution in [2.24, 2.45) is 5.92 Å². The van der Waals surface area contributed by atoms with E-state index >= 15 is 4.11 Å². The van der Waals surface area contributed by atoms with Crippen LogP contribution in [0.1, 0.15) is 37.3 Å². The number of amides is 2. The normalized spacial score (nSPS) is 29.0. The molecular weight excluding hydrogens is 638 g/mol. The van der Waals surface area contributed by atoms with E-state index in [0.717, 1.165) is 22.0 Å². The summed E-state index contributed by atoms with van der Waals surface area (Å²) in [6, 6.07) is 13.1. The molecule has 2 saturated heterocycles. The Bertz CT molecular complexity index is 1240. The predicted octanol–water partition coefficient (Wildman–Crippen LogP) is 5.64. The maximum atomic E-state index is 16.0. The molecule has 2 fully saturated rings. The van der Waals surface area contributed by atoms with Gasteiger partial charge in [0.2, 0.25) is 14.3 Å². The number of hydrogen-bond acceptors (Lipinski definition) is 4. The van der Waals surface area contributed by atoms with E-state index in [9.17, 15) is 14.7 Å². The first-order valence-corrected chi connectivity index (χ1v) is 17.5. The van der Waals surface area contributed by atoms with Gasteiger partial charge in [0.1, 0.15) is 0 Å². The summed E-state index contributed by atoms with van der Waals surface area (Å²) in [5.74, 6) is -0.898. The summed E-state index contributed by atoms with van der Waals surface area (Å²) in [5.41, 5.74) is 0.316. The molecule has 1 N–H and O–H groups in total. The van der Waals surface area contributed by atoms with Gasteiger partial charge >= 0.3 is 0 Å². The van der Waals surface area contributed by atoms with E-state index in [-0.39, 0.29) is 30.9 Å². The quantitative estimate of drug-likeness (QED) is 0.246. The van der Waals surface area contributed by atoms with Crippen LogP contribution in [0.4, 0.5) is 9.80 Å². The minimum absolute atomic E-state index is 0.0199. The van der Waals surface area contributed by atoms with Gasteiger partial charge in [-0.1, -0.05) is 30.7 Å². The maximum absolute atomic E-state index is 16.0. The molecule has 0 radical (unpaired) electrons. The molecule has 3 heterocycles. The van der Waals surface area contributed by atoms with Crippen LogP contribution in [0.3, 0.4) is 0 Å². The van der Waals surface area contributed by atoms with Crippen LogP contribution in [0.2, 0.25) is 23.7 Å². The van der Waals surface area contributed by atoms with Crippen LogP contribution in [0.5, 0.6) is 0 Å². The van der Waals surface area contributed by atoms with E-state index in [4.69, 9.17) is 16.3 Å². The minimum atomic E-state index is -3.39. The Hall–Kier alpha value is -1.53. The van der Waals surface area contributed by atoms with Crippen molar-refractivity contribution < 1.29 is 23.5 Å². The molecule has 5 rings (SSSR count). The third-order valence-corrected chi connectivity index (χ3v) is 11.9. The first-order chi connectivity index (χ1) is 18.0. The number of benzene rings is 2. The van der Waals surface area contributed by atoms with Crippen LogP contribution in [0.15, 0.2) is 42.5 Å². The van der Waals surface area contributed by atoms with Crippen LogP contribution in [0, 0.1) is 9.49 Å². The number of carbonyl (C=O) groups excluding carboxylic acids is 2. The van der Waals surface area contributed by atoms with Crippen molar-refractivity contribution in [1.82, 2.24) is 4.90 Å². The van der Waals surface area contributed by atoms with E-state index in [1.165, 1.54) is 0 Å². The first-order valence-electron chi connectivity index (χ1n) is 13.1. The molecule has 0 aliphatic carbocycles. The van der Waals surface area contributed by atoms with E-state index in [0.29, 0.717) is 29.4 Å². The van der Waals surface area contributed by atoms with Crippen molar-refractivity contribution in [1.29, 1.82) is 0 Å². The number of aliphatic hydroxyl groups is 1. The Morgan fingerprint density at radius 1 is 1.26 bits per heavy atom. The highest BCUT2D eigenvalue weighted by atomic mass is 127. The average Bonchev–Trinajstić information content (AvgIpc) is 3.51. The van der Waals surface area contributed by atoms with Gasteiger partial charge in [0.15, 0.2) is 5.60 Å². The van der Waals surface area contributed by atoms with E-state index in [1.54, 1.807) is 35.0 Å². The van der Waals surface area contributed by atoms with Crippen molar-refractivity contribution >= 4 is 60.1 Å². The van der Waals surface area contributed by atoms with E-state index in [2.05, 4.69) is 22.6 Å². The van der Waals surface area contributed by atoms with Gasteiger partial charge in [-0.15, -0.1) is 0 Å². The van der Waals surface area contributed by atoms with Crippen LogP contribution in [-0.4, -0.2) is 55.5 Å². The summed E-state index contributed by atoms with van der Waals surface area (Å²) in [6.45, 7) is 5.96. The van der Waals surface area contributed by atoms with Gasteiger partial charge in [0.05, 0.1) is 37.4 Å². The summed E-state index contributed by atoms with van der Waals surface area (Å²) >= 11 is 8.68. The first kappa shape index (κ1) is 28.0. The molecule has 204 valence electrons. The van der Waals surface area contributed by atoms with Gasteiger partial charge in [-0.25, -0.2) is 0 Å². The highest BCUT2D eigenvalue weighted by Gasteiger charge is 2.67. The third-order valence-electron chi connectivity index (χ3n) is 8.46. The topological polar surface area (TPSA) is 70.1 Å². The average molecular weight is 671 g/mol. The molecular formula is C28H33ClFIN2O4Si. The van der Waals surface area contributed by atoms with E-state index in [1.807, 2.05) is 37.3 Å². The second-order valence-corrected chi connectivity index (χ2v) is 16.7. The predicted molar refractivity (Wildman–Crippen MR) is 156 cm³/mol. The number of aliphatic hydroxyl groups excluding tert-OH is 1. The fourth-order valence-electron chi connectivity index (χ4n) is 6.79. The summed E-state index contributed by atoms with van der Waals surface area (Å²) in [4.78, 5) is 31.1. The molecule has 3 aliphatic rings. The highest BCUT2D eigenvalue weighted by molar-refractivity contribution is 14.1. The molecule has 0 bridgehead atoms. The van der Waals surface area contributed by atoms with Gasteiger partial charge in [0, 0.05) is 32.2 Å². The number of nitrogens with zero attached hydrogens (tertiary/aromatic N) is 2. The zero-order valence-corrected chi connectivity index (χ0v) is 25.7. The minimum Gasteiger partial charge on any atom is -0.394 e. The van der Waals surface area contributed by atoms with Gasteiger partial charge in [0.25, 0.3) is 5.91 Å². The van der Waals surface area contributed by atoms with Gasteiger partial charge in [-0.05, 0) is 84.4 Å². The van der Waals surface area contributed by atoms with Crippen LogP contribution < -0.4 is 4.90 Å². The van der Waals surface area contributed by atoms with Crippen molar-refractivity contribution in [3.8, 4) is 0 Å². The number of fused-ring (bicyclic) bond motifs is 2. The Balaban J connectivity index is 1.53. The number of likely N-dealkylation sites (tertiary alicyclic amines) is 1. The molecule has 0 saturated carbocycles. The molecule has 2 aromatic carbocycles. The molecule has 38 heavy (non-hydrogen) atoms. The second-order valence-electron chi connectivity index (χ2n) is 11.2. The molecule has 3 aliphatic heterocycles. The second kappa shape index (κ2) is 10.5. The summed E-state index contributed by atoms with van der Waals surface area (Å²) < 4.78 is 23.8. The van der Waals surface area contributed by atoms with Crippen LogP contribution in [-0.2, 0) is 26.5 Å². The van der Waals surface area contributed by atoms with Crippen molar-refractivity contribution in [2.45, 2.75) is 69.1 Å². The fraction of sp³-hybridized carbons (Fsp3) is 0.500. The number of carbonyl (C=O) groups is 2. The van der Waals surface area contributed by atoms with Gasteiger partial charge in [-0.3, -0.25) is 9.59 Å². The standard InChI is InChI=1S/C28H33ClFIN2O4Si/c1-17-26(38(2,3)30)24(14-25(35)32-12-4-5-21(32)16-34)37-28(17)22-13-19(29)8-11-23(22)33(27(28)36)15-18-6-9-20(31)10-7-18/h6-11,13,17,21,24,26,34H,4-5,12,14-16H2,1-3H3/t17-,21+,24+,26-,28+/m1/s1. The molecule has 2 aromatic rings. The lowest BCUT2D eigenvalue weighted by Crippen LogP contribution is -2.45. The van der Waals surface area contributed by atoms with E-state index < -0.39 is 31.6 Å². The molecule has 0 unspecified atom stereocenters. The molecule has 10 heteroatoms. The number of anilines is 1. The summed E-state index contributed by atoms with van der Waals surface area (Å²) in [5, 5.41) is 10.2. The smallest absolute Gasteiger partial charge is 0.264 e. The zero-order chi connectivity index (χ0) is 27.4. The molecule has 6 nitrogen and oxygen atoms in total. The van der Waals surface area contributed by atoms with Gasteiger partial charge < -0.3 is 23.8 Å². The fourth-order valence-corrected chi connectivity index (χ4v) is 9.82. The lowest BCUT2D eigenvalue weighted by Gasteiger charge is -2.31. The Morgan fingerprint density at radius 2 is 1.97 bits per heavy atom. The van der Waals surface area contributed by atoms with Crippen LogP contribution >= 0.6 is 34.2 Å². The number of ether oxygens (including phenoxy) is 1. The number of rotatable bonds is 6. The monoisotopic (exact) mass is 670 g/mol. The number of halogens is 3. The Kier molecular flexibility index (Phi) is 7.71. The van der Waals surface area contributed by atoms with Crippen molar-refractivity contribution in [2.75, 3.05) is 18.1 Å². The lowest BCUT2D eigenvalue weighted by atomic mass is 9.82. The molecule has 2 amide bonds. The Labute approximate surface area is 242 Å². The Morgan fingerprint density at radius 3 is 2.63 bits per heavy atom. The van der Waals surface area contributed by atoms with Gasteiger partial charge in [-0.2, -0.15) is 0 Å². The molecule has 0 aromatic heterocycles.